The van der Waals surface area contributed by atoms with E-state index in [4.69, 9.17) is 0 Å². The third-order valence-corrected chi connectivity index (χ3v) is 3.44. The van der Waals surface area contributed by atoms with Gasteiger partial charge in [0.1, 0.15) is 11.4 Å². The largest absolute Gasteiger partial charge is 0.507 e. The van der Waals surface area contributed by atoms with E-state index in [1.165, 1.54) is 0 Å². The zero-order valence-electron chi connectivity index (χ0n) is 12.2. The van der Waals surface area contributed by atoms with Crippen LogP contribution in [-0.4, -0.2) is 20.1 Å². The summed E-state index contributed by atoms with van der Waals surface area (Å²) in [5, 5.41) is 18.4. The summed E-state index contributed by atoms with van der Waals surface area (Å²) in [6, 6.07) is 15.6. The molecule has 0 amide bonds. The maximum absolute atomic E-state index is 10.1. The van der Waals surface area contributed by atoms with Gasteiger partial charge in [0, 0.05) is 5.56 Å². The number of phenols is 1. The highest BCUT2D eigenvalue weighted by Gasteiger charge is 2.10. The van der Waals surface area contributed by atoms with Gasteiger partial charge in [0.05, 0.1) is 12.7 Å². The Bertz CT molecular complexity index is 778. The smallest absolute Gasteiger partial charge is 0.125 e. The monoisotopic (exact) mass is 291 g/mol. The number of hydrogen-bond donors (Lipinski definition) is 1. The van der Waals surface area contributed by atoms with Crippen molar-refractivity contribution in [3.05, 3.63) is 78.5 Å². The summed E-state index contributed by atoms with van der Waals surface area (Å²) in [4.78, 5) is 0. The molecule has 0 fully saturated rings. The molecule has 1 N–H and O–H groups in total. The Kier molecular flexibility index (Phi) is 4.01. The van der Waals surface area contributed by atoms with E-state index in [0.717, 1.165) is 17.5 Å². The molecule has 2 aromatic carbocycles. The van der Waals surface area contributed by atoms with Gasteiger partial charge in [0.15, 0.2) is 0 Å². The average Bonchev–Trinajstić information content (AvgIpc) is 2.99. The first-order valence-electron chi connectivity index (χ1n) is 7.13. The van der Waals surface area contributed by atoms with Gasteiger partial charge in [-0.05, 0) is 29.7 Å². The van der Waals surface area contributed by atoms with E-state index < -0.39 is 0 Å². The highest BCUT2D eigenvalue weighted by Crippen LogP contribution is 2.28. The maximum atomic E-state index is 10.1. The first kappa shape index (κ1) is 14.1. The van der Waals surface area contributed by atoms with Crippen LogP contribution in [0.4, 0.5) is 0 Å². The molecule has 1 aromatic heterocycles. The van der Waals surface area contributed by atoms with Gasteiger partial charge in [-0.2, -0.15) is 0 Å². The van der Waals surface area contributed by atoms with Crippen LogP contribution < -0.4 is 0 Å². The summed E-state index contributed by atoms with van der Waals surface area (Å²) in [7, 11) is 0. The second-order valence-corrected chi connectivity index (χ2v) is 5.13. The molecule has 3 aromatic rings. The van der Waals surface area contributed by atoms with Gasteiger partial charge < -0.3 is 5.11 Å². The Hall–Kier alpha value is -2.88. The summed E-state index contributed by atoms with van der Waals surface area (Å²) >= 11 is 0. The summed E-state index contributed by atoms with van der Waals surface area (Å²) < 4.78 is 1.77. The molecule has 1 heterocycles. The third-order valence-electron chi connectivity index (χ3n) is 3.44. The molecule has 0 aliphatic rings. The van der Waals surface area contributed by atoms with E-state index in [1.807, 2.05) is 54.7 Å². The van der Waals surface area contributed by atoms with Crippen molar-refractivity contribution in [2.24, 2.45) is 0 Å². The fourth-order valence-corrected chi connectivity index (χ4v) is 2.35. The topological polar surface area (TPSA) is 50.9 Å². The summed E-state index contributed by atoms with van der Waals surface area (Å²) in [6.45, 7) is 4.39. The zero-order valence-corrected chi connectivity index (χ0v) is 12.2. The molecule has 0 unspecified atom stereocenters. The molecule has 4 nitrogen and oxygen atoms in total. The molecular weight excluding hydrogens is 274 g/mol. The number of rotatable bonds is 5. The third kappa shape index (κ3) is 3.06. The first-order chi connectivity index (χ1) is 10.8. The second-order valence-electron chi connectivity index (χ2n) is 5.13. The molecule has 22 heavy (non-hydrogen) atoms. The van der Waals surface area contributed by atoms with Gasteiger partial charge in [0.25, 0.3) is 0 Å². The summed E-state index contributed by atoms with van der Waals surface area (Å²) in [5.41, 5.74) is 3.60. The van der Waals surface area contributed by atoms with E-state index >= 15 is 0 Å². The molecule has 4 heteroatoms. The molecule has 3 rings (SSSR count). The van der Waals surface area contributed by atoms with Crippen molar-refractivity contribution in [1.82, 2.24) is 15.0 Å². The maximum Gasteiger partial charge on any atom is 0.125 e. The number of phenolic OH excluding ortho intramolecular Hbond substituents is 1. The summed E-state index contributed by atoms with van der Waals surface area (Å²) in [6.07, 6.45) is 4.44. The Morgan fingerprint density at radius 2 is 1.91 bits per heavy atom. The lowest BCUT2D eigenvalue weighted by Gasteiger charge is -2.04. The van der Waals surface area contributed by atoms with Crippen molar-refractivity contribution in [2.45, 2.75) is 13.0 Å². The Morgan fingerprint density at radius 3 is 2.68 bits per heavy atom. The number of aromatic nitrogens is 3. The van der Waals surface area contributed by atoms with Gasteiger partial charge in [0.2, 0.25) is 0 Å². The van der Waals surface area contributed by atoms with E-state index in [2.05, 4.69) is 16.9 Å². The van der Waals surface area contributed by atoms with Gasteiger partial charge in [-0.1, -0.05) is 47.7 Å². The van der Waals surface area contributed by atoms with E-state index in [1.54, 1.807) is 10.7 Å². The van der Waals surface area contributed by atoms with Crippen LogP contribution in [0.2, 0.25) is 0 Å². The Morgan fingerprint density at radius 1 is 1.09 bits per heavy atom. The van der Waals surface area contributed by atoms with Crippen molar-refractivity contribution < 1.29 is 5.11 Å². The quantitative estimate of drug-likeness (QED) is 0.733. The van der Waals surface area contributed by atoms with E-state index in [9.17, 15) is 5.11 Å². The molecular formula is C18H17N3O. The molecule has 0 spiro atoms. The second kappa shape index (κ2) is 6.26. The van der Waals surface area contributed by atoms with Crippen molar-refractivity contribution in [3.63, 3.8) is 0 Å². The minimum Gasteiger partial charge on any atom is -0.507 e. The van der Waals surface area contributed by atoms with Crippen molar-refractivity contribution in [1.29, 1.82) is 0 Å². The lowest BCUT2D eigenvalue weighted by atomic mass is 10.1. The number of hydrogen-bond acceptors (Lipinski definition) is 3. The van der Waals surface area contributed by atoms with E-state index in [-0.39, 0.29) is 5.75 Å². The SMILES string of the molecule is C=CCc1ccc(O)c(-c2cn(Cc3ccccc3)nn2)c1. The van der Waals surface area contributed by atoms with Crippen LogP contribution in [0.25, 0.3) is 11.3 Å². The van der Waals surface area contributed by atoms with Crippen molar-refractivity contribution in [2.75, 3.05) is 0 Å². The van der Waals surface area contributed by atoms with Crippen LogP contribution >= 0.6 is 0 Å². The number of aromatic hydroxyl groups is 1. The molecule has 110 valence electrons. The summed E-state index contributed by atoms with van der Waals surface area (Å²) in [5.74, 6) is 0.208. The molecule has 0 aliphatic heterocycles. The highest BCUT2D eigenvalue weighted by molar-refractivity contribution is 5.66. The van der Waals surface area contributed by atoms with Gasteiger partial charge in [-0.3, -0.25) is 0 Å². The highest BCUT2D eigenvalue weighted by atomic mass is 16.3. The van der Waals surface area contributed by atoms with Crippen LogP contribution in [0, 0.1) is 0 Å². The first-order valence-corrected chi connectivity index (χ1v) is 7.13. The fourth-order valence-electron chi connectivity index (χ4n) is 2.35. The molecule has 0 bridgehead atoms. The molecule has 0 aliphatic carbocycles. The Labute approximate surface area is 129 Å². The minimum absolute atomic E-state index is 0.208. The molecule has 0 saturated carbocycles. The zero-order chi connectivity index (χ0) is 15.4. The van der Waals surface area contributed by atoms with Crippen LogP contribution in [0.1, 0.15) is 11.1 Å². The lowest BCUT2D eigenvalue weighted by molar-refractivity contribution is 0.477. The predicted molar refractivity (Wildman–Crippen MR) is 86.6 cm³/mol. The number of allylic oxidation sites excluding steroid dienone is 1. The predicted octanol–water partition coefficient (Wildman–Crippen LogP) is 3.43. The van der Waals surface area contributed by atoms with Crippen molar-refractivity contribution >= 4 is 0 Å². The molecule has 0 atom stereocenters. The minimum atomic E-state index is 0.208. The number of benzene rings is 2. The van der Waals surface area contributed by atoms with Crippen LogP contribution in [-0.2, 0) is 13.0 Å². The lowest BCUT2D eigenvalue weighted by Crippen LogP contribution is -1.99. The van der Waals surface area contributed by atoms with Crippen LogP contribution in [0.5, 0.6) is 5.75 Å². The van der Waals surface area contributed by atoms with Gasteiger partial charge in [-0.25, -0.2) is 4.68 Å². The van der Waals surface area contributed by atoms with Crippen LogP contribution in [0.15, 0.2) is 67.4 Å². The van der Waals surface area contributed by atoms with Crippen LogP contribution in [0.3, 0.4) is 0 Å². The Balaban J connectivity index is 1.87. The average molecular weight is 291 g/mol. The van der Waals surface area contributed by atoms with Gasteiger partial charge >= 0.3 is 0 Å². The normalized spacial score (nSPS) is 10.5. The molecule has 0 saturated heterocycles. The van der Waals surface area contributed by atoms with E-state index in [0.29, 0.717) is 17.8 Å². The standard InChI is InChI=1S/C18H17N3O/c1-2-6-14-9-10-18(22)16(11-14)17-13-21(20-19-17)12-15-7-4-3-5-8-15/h2-5,7-11,13,22H,1,6,12H2. The molecule has 0 radical (unpaired) electrons. The fraction of sp³-hybridized carbons (Fsp3) is 0.111. The van der Waals surface area contributed by atoms with Crippen molar-refractivity contribution in [3.8, 4) is 17.0 Å². The van der Waals surface area contributed by atoms with Gasteiger partial charge in [-0.15, -0.1) is 11.7 Å². The number of nitrogens with zero attached hydrogens (tertiary/aromatic N) is 3.